The molecule has 0 bridgehead atoms. The van der Waals surface area contributed by atoms with Crippen molar-refractivity contribution in [3.8, 4) is 0 Å². The molecule has 1 aromatic heterocycles. The molecule has 1 aromatic carbocycles. The number of anilines is 2. The van der Waals surface area contributed by atoms with Gasteiger partial charge < -0.3 is 20.8 Å². The van der Waals surface area contributed by atoms with Crippen molar-refractivity contribution in [1.82, 2.24) is 9.97 Å². The van der Waals surface area contributed by atoms with Crippen molar-refractivity contribution in [1.29, 1.82) is 0 Å². The lowest BCUT2D eigenvalue weighted by Gasteiger charge is -2.18. The topological polar surface area (TPSA) is 142 Å². The Morgan fingerprint density at radius 3 is 2.31 bits per heavy atom. The molecule has 2 aromatic rings. The molecular formula is C17H18N4O5. The fourth-order valence-corrected chi connectivity index (χ4v) is 1.92. The van der Waals surface area contributed by atoms with Crippen LogP contribution in [0, 0.1) is 5.41 Å². The molecule has 26 heavy (non-hydrogen) atoms. The molecule has 0 fully saturated rings. The summed E-state index contributed by atoms with van der Waals surface area (Å²) < 4.78 is 0. The Labute approximate surface area is 148 Å². The van der Waals surface area contributed by atoms with Gasteiger partial charge in [-0.3, -0.25) is 4.79 Å². The van der Waals surface area contributed by atoms with Gasteiger partial charge in [-0.25, -0.2) is 19.6 Å². The predicted octanol–water partition coefficient (Wildman–Crippen LogP) is 2.08. The molecule has 1 heterocycles. The number of amides is 1. The quantitative estimate of drug-likeness (QED) is 0.361. The molecule has 0 unspecified atom stereocenters. The molecule has 2 rings (SSSR count). The van der Waals surface area contributed by atoms with E-state index in [1.807, 2.05) is 0 Å². The zero-order valence-electron chi connectivity index (χ0n) is 14.4. The SMILES string of the molecule is CC(C)(C)C(=O)Nc1ccc2ncnc(NC=C(C(=O)O)C(=O)O)c2c1. The largest absolute Gasteiger partial charge is 0.477 e. The van der Waals surface area contributed by atoms with E-state index in [0.717, 1.165) is 6.20 Å². The predicted molar refractivity (Wildman–Crippen MR) is 94.6 cm³/mol. The fraction of sp³-hybridized carbons (Fsp3) is 0.235. The second-order valence-electron chi connectivity index (χ2n) is 6.47. The van der Waals surface area contributed by atoms with Crippen molar-refractivity contribution in [2.24, 2.45) is 5.41 Å². The third-order valence-electron chi connectivity index (χ3n) is 3.39. The number of aromatic nitrogens is 2. The Kier molecular flexibility index (Phi) is 5.20. The molecule has 0 saturated carbocycles. The number of nitrogens with zero attached hydrogens (tertiary/aromatic N) is 2. The van der Waals surface area contributed by atoms with Crippen LogP contribution in [0.2, 0.25) is 0 Å². The second kappa shape index (κ2) is 7.18. The Hall–Kier alpha value is -3.49. The molecule has 0 saturated heterocycles. The third kappa shape index (κ3) is 4.32. The van der Waals surface area contributed by atoms with E-state index >= 15 is 0 Å². The summed E-state index contributed by atoms with van der Waals surface area (Å²) in [7, 11) is 0. The summed E-state index contributed by atoms with van der Waals surface area (Å²) in [6.45, 7) is 5.34. The highest BCUT2D eigenvalue weighted by Gasteiger charge is 2.21. The van der Waals surface area contributed by atoms with Gasteiger partial charge in [0, 0.05) is 22.7 Å². The van der Waals surface area contributed by atoms with Crippen molar-refractivity contribution in [3.63, 3.8) is 0 Å². The maximum absolute atomic E-state index is 12.1. The summed E-state index contributed by atoms with van der Waals surface area (Å²) in [6.07, 6.45) is 2.10. The number of nitrogens with one attached hydrogen (secondary N) is 2. The second-order valence-corrected chi connectivity index (χ2v) is 6.47. The van der Waals surface area contributed by atoms with Crippen LogP contribution in [0.15, 0.2) is 36.3 Å². The normalized spacial score (nSPS) is 10.9. The first-order valence-corrected chi connectivity index (χ1v) is 7.59. The number of benzene rings is 1. The Bertz CT molecular complexity index is 899. The minimum atomic E-state index is -1.58. The van der Waals surface area contributed by atoms with Crippen LogP contribution in [0.25, 0.3) is 10.9 Å². The summed E-state index contributed by atoms with van der Waals surface area (Å²) >= 11 is 0. The van der Waals surface area contributed by atoms with Crippen LogP contribution in [0.3, 0.4) is 0 Å². The minimum Gasteiger partial charge on any atom is -0.477 e. The number of rotatable bonds is 5. The summed E-state index contributed by atoms with van der Waals surface area (Å²) in [5.74, 6) is -3.13. The van der Waals surface area contributed by atoms with E-state index in [2.05, 4.69) is 20.6 Å². The van der Waals surface area contributed by atoms with Crippen LogP contribution in [0.1, 0.15) is 20.8 Å². The van der Waals surface area contributed by atoms with E-state index < -0.39 is 22.9 Å². The van der Waals surface area contributed by atoms with Crippen LogP contribution in [-0.2, 0) is 14.4 Å². The number of carbonyl (C=O) groups is 3. The van der Waals surface area contributed by atoms with Crippen molar-refractivity contribution in [2.75, 3.05) is 10.6 Å². The summed E-state index contributed by atoms with van der Waals surface area (Å²) in [4.78, 5) is 42.1. The van der Waals surface area contributed by atoms with Gasteiger partial charge in [-0.1, -0.05) is 20.8 Å². The molecule has 0 radical (unpaired) electrons. The standard InChI is InChI=1S/C17H18N4O5/c1-17(2,3)16(26)21-9-4-5-12-10(6-9)13(20-8-19-12)18-7-11(14(22)23)15(24)25/h4-8H,1-3H3,(H,21,26)(H,22,23)(H,24,25)(H,18,19,20). The minimum absolute atomic E-state index is 0.179. The molecule has 4 N–H and O–H groups in total. The van der Waals surface area contributed by atoms with Gasteiger partial charge in [0.2, 0.25) is 5.91 Å². The molecule has 9 nitrogen and oxygen atoms in total. The third-order valence-corrected chi connectivity index (χ3v) is 3.39. The van der Waals surface area contributed by atoms with E-state index in [9.17, 15) is 14.4 Å². The highest BCUT2D eigenvalue weighted by atomic mass is 16.4. The first-order chi connectivity index (χ1) is 12.1. The number of hydrogen-bond donors (Lipinski definition) is 4. The van der Waals surface area contributed by atoms with Crippen molar-refractivity contribution in [3.05, 3.63) is 36.3 Å². The fourth-order valence-electron chi connectivity index (χ4n) is 1.92. The number of aliphatic carboxylic acids is 2. The molecule has 1 amide bonds. The molecule has 0 atom stereocenters. The average molecular weight is 358 g/mol. The summed E-state index contributed by atoms with van der Waals surface area (Å²) in [5, 5.41) is 23.6. The van der Waals surface area contributed by atoms with Crippen LogP contribution < -0.4 is 10.6 Å². The Morgan fingerprint density at radius 1 is 1.08 bits per heavy atom. The maximum Gasteiger partial charge on any atom is 0.344 e. The van der Waals surface area contributed by atoms with Gasteiger partial charge in [0.25, 0.3) is 0 Å². The maximum atomic E-state index is 12.1. The van der Waals surface area contributed by atoms with E-state index in [-0.39, 0.29) is 11.7 Å². The van der Waals surface area contributed by atoms with Crippen LogP contribution in [0.5, 0.6) is 0 Å². The lowest BCUT2D eigenvalue weighted by atomic mass is 9.95. The molecule has 0 aliphatic carbocycles. The molecule has 0 spiro atoms. The number of carbonyl (C=O) groups excluding carboxylic acids is 1. The van der Waals surface area contributed by atoms with Crippen molar-refractivity contribution in [2.45, 2.75) is 20.8 Å². The summed E-state index contributed by atoms with van der Waals surface area (Å²) in [5.41, 5.74) is -0.370. The summed E-state index contributed by atoms with van der Waals surface area (Å²) in [6, 6.07) is 4.97. The van der Waals surface area contributed by atoms with Crippen LogP contribution in [-0.4, -0.2) is 38.0 Å². The Morgan fingerprint density at radius 2 is 1.73 bits per heavy atom. The molecule has 136 valence electrons. The molecule has 0 aliphatic rings. The van der Waals surface area contributed by atoms with Crippen LogP contribution in [0.4, 0.5) is 11.5 Å². The zero-order valence-corrected chi connectivity index (χ0v) is 14.4. The first kappa shape index (κ1) is 18.8. The monoisotopic (exact) mass is 358 g/mol. The lowest BCUT2D eigenvalue weighted by molar-refractivity contribution is -0.140. The molecule has 9 heteroatoms. The van der Waals surface area contributed by atoms with Gasteiger partial charge in [0.1, 0.15) is 12.1 Å². The van der Waals surface area contributed by atoms with E-state index in [1.165, 1.54) is 6.33 Å². The first-order valence-electron chi connectivity index (χ1n) is 7.59. The van der Waals surface area contributed by atoms with Gasteiger partial charge in [-0.15, -0.1) is 0 Å². The van der Waals surface area contributed by atoms with Crippen molar-refractivity contribution >= 4 is 40.3 Å². The van der Waals surface area contributed by atoms with Gasteiger partial charge in [-0.05, 0) is 18.2 Å². The Balaban J connectivity index is 2.40. The number of carboxylic acid groups (broad SMARTS) is 2. The zero-order chi connectivity index (χ0) is 19.5. The highest BCUT2D eigenvalue weighted by molar-refractivity contribution is 6.12. The van der Waals surface area contributed by atoms with Gasteiger partial charge in [0.05, 0.1) is 5.52 Å². The van der Waals surface area contributed by atoms with Gasteiger partial charge in [0.15, 0.2) is 5.57 Å². The van der Waals surface area contributed by atoms with Crippen molar-refractivity contribution < 1.29 is 24.6 Å². The van der Waals surface area contributed by atoms with Gasteiger partial charge in [-0.2, -0.15) is 0 Å². The number of hydrogen-bond acceptors (Lipinski definition) is 6. The number of carboxylic acids is 2. The van der Waals surface area contributed by atoms with E-state index in [0.29, 0.717) is 16.6 Å². The smallest absolute Gasteiger partial charge is 0.344 e. The van der Waals surface area contributed by atoms with Gasteiger partial charge >= 0.3 is 11.9 Å². The average Bonchev–Trinajstić information content (AvgIpc) is 2.53. The highest BCUT2D eigenvalue weighted by Crippen LogP contribution is 2.25. The van der Waals surface area contributed by atoms with Crippen LogP contribution >= 0.6 is 0 Å². The molecule has 0 aliphatic heterocycles. The number of fused-ring (bicyclic) bond motifs is 1. The van der Waals surface area contributed by atoms with E-state index in [4.69, 9.17) is 10.2 Å². The molecular weight excluding hydrogens is 340 g/mol. The lowest BCUT2D eigenvalue weighted by Crippen LogP contribution is -2.27. The van der Waals surface area contributed by atoms with E-state index in [1.54, 1.807) is 39.0 Å².